The van der Waals surface area contributed by atoms with Gasteiger partial charge in [0.2, 0.25) is 0 Å². The van der Waals surface area contributed by atoms with Crippen molar-refractivity contribution < 1.29 is 0 Å². The van der Waals surface area contributed by atoms with Crippen molar-refractivity contribution in [1.29, 1.82) is 0 Å². The zero-order valence-corrected chi connectivity index (χ0v) is 11.8. The van der Waals surface area contributed by atoms with Crippen LogP contribution in [0, 0.1) is 23.7 Å². The molecule has 3 unspecified atom stereocenters. The van der Waals surface area contributed by atoms with E-state index in [1.807, 2.05) is 0 Å². The van der Waals surface area contributed by atoms with Crippen LogP contribution in [0.2, 0.25) is 0 Å². The molecule has 0 heteroatoms. The van der Waals surface area contributed by atoms with Gasteiger partial charge in [0, 0.05) is 0 Å². The average Bonchev–Trinajstić information content (AvgIpc) is 2.14. The molecule has 0 aliphatic heterocycles. The summed E-state index contributed by atoms with van der Waals surface area (Å²) >= 11 is 0. The summed E-state index contributed by atoms with van der Waals surface area (Å²) in [7, 11) is 0. The molecule has 0 rings (SSSR count). The van der Waals surface area contributed by atoms with Crippen LogP contribution in [-0.4, -0.2) is 0 Å². The summed E-state index contributed by atoms with van der Waals surface area (Å²) in [5.74, 6) is 3.63. The summed E-state index contributed by atoms with van der Waals surface area (Å²) in [4.78, 5) is 0. The molecule has 0 saturated heterocycles. The SMILES string of the molecule is CCC(C)CC(C)CC(C)CCC(C)C. The number of rotatable bonds is 8. The van der Waals surface area contributed by atoms with E-state index in [4.69, 9.17) is 0 Å². The lowest BCUT2D eigenvalue weighted by Gasteiger charge is -2.20. The van der Waals surface area contributed by atoms with E-state index in [0.717, 1.165) is 23.7 Å². The minimum absolute atomic E-state index is 0.873. The van der Waals surface area contributed by atoms with E-state index >= 15 is 0 Å². The second-order valence-electron chi connectivity index (χ2n) is 6.17. The molecule has 0 aromatic heterocycles. The Labute approximate surface area is 97.8 Å². The molecule has 0 amide bonds. The van der Waals surface area contributed by atoms with Gasteiger partial charge in [0.05, 0.1) is 0 Å². The van der Waals surface area contributed by atoms with E-state index in [-0.39, 0.29) is 0 Å². The lowest BCUT2D eigenvalue weighted by molar-refractivity contribution is 0.318. The number of hydrogen-bond donors (Lipinski definition) is 0. The van der Waals surface area contributed by atoms with Crippen molar-refractivity contribution in [3.8, 4) is 0 Å². The molecular weight excluding hydrogens is 180 g/mol. The summed E-state index contributed by atoms with van der Waals surface area (Å²) < 4.78 is 0. The maximum Gasteiger partial charge on any atom is -0.0438 e. The van der Waals surface area contributed by atoms with Gasteiger partial charge in [-0.3, -0.25) is 0 Å². The van der Waals surface area contributed by atoms with E-state index in [9.17, 15) is 0 Å². The molecule has 92 valence electrons. The molecule has 0 saturated carbocycles. The molecule has 0 aliphatic carbocycles. The lowest BCUT2D eigenvalue weighted by Crippen LogP contribution is -2.08. The molecule has 0 radical (unpaired) electrons. The van der Waals surface area contributed by atoms with Crippen LogP contribution in [0.1, 0.15) is 73.6 Å². The maximum absolute atomic E-state index is 2.43. The van der Waals surface area contributed by atoms with Crippen LogP contribution >= 0.6 is 0 Å². The van der Waals surface area contributed by atoms with Crippen LogP contribution < -0.4 is 0 Å². The fourth-order valence-electron chi connectivity index (χ4n) is 2.37. The minimum atomic E-state index is 0.873. The summed E-state index contributed by atoms with van der Waals surface area (Å²) in [6, 6.07) is 0. The quantitative estimate of drug-likeness (QED) is 0.497. The Hall–Kier alpha value is 0. The zero-order valence-electron chi connectivity index (χ0n) is 11.8. The first-order chi connectivity index (χ1) is 6.95. The molecular formula is C15H32. The summed E-state index contributed by atoms with van der Waals surface area (Å²) in [6.45, 7) is 14.2. The molecule has 0 nitrogen and oxygen atoms in total. The van der Waals surface area contributed by atoms with Gasteiger partial charge in [0.15, 0.2) is 0 Å². The van der Waals surface area contributed by atoms with Crippen LogP contribution in [0.25, 0.3) is 0 Å². The molecule has 0 bridgehead atoms. The highest BCUT2D eigenvalue weighted by Gasteiger charge is 2.11. The third-order valence-electron chi connectivity index (χ3n) is 3.54. The van der Waals surface area contributed by atoms with E-state index in [2.05, 4.69) is 41.5 Å². The molecule has 0 spiro atoms. The van der Waals surface area contributed by atoms with Crippen molar-refractivity contribution in [2.75, 3.05) is 0 Å². The molecule has 0 heterocycles. The minimum Gasteiger partial charge on any atom is -0.0651 e. The first-order valence-corrected chi connectivity index (χ1v) is 6.95. The Morgan fingerprint density at radius 1 is 0.667 bits per heavy atom. The predicted octanol–water partition coefficient (Wildman–Crippen LogP) is 5.52. The van der Waals surface area contributed by atoms with Gasteiger partial charge in [-0.25, -0.2) is 0 Å². The van der Waals surface area contributed by atoms with E-state index in [0.29, 0.717) is 0 Å². The van der Waals surface area contributed by atoms with Crippen LogP contribution in [0.15, 0.2) is 0 Å². The van der Waals surface area contributed by atoms with Crippen molar-refractivity contribution in [3.05, 3.63) is 0 Å². The van der Waals surface area contributed by atoms with Gasteiger partial charge in [-0.05, 0) is 36.5 Å². The highest BCUT2D eigenvalue weighted by atomic mass is 14.2. The average molecular weight is 212 g/mol. The Morgan fingerprint density at radius 3 is 1.67 bits per heavy atom. The Kier molecular flexibility index (Phi) is 8.19. The first-order valence-electron chi connectivity index (χ1n) is 6.95. The van der Waals surface area contributed by atoms with E-state index in [1.165, 1.54) is 32.1 Å². The fraction of sp³-hybridized carbons (Fsp3) is 1.00. The maximum atomic E-state index is 2.43. The van der Waals surface area contributed by atoms with Crippen molar-refractivity contribution in [3.63, 3.8) is 0 Å². The topological polar surface area (TPSA) is 0 Å². The van der Waals surface area contributed by atoms with E-state index < -0.39 is 0 Å². The van der Waals surface area contributed by atoms with Gasteiger partial charge >= 0.3 is 0 Å². The molecule has 0 fully saturated rings. The molecule has 3 atom stereocenters. The molecule has 0 N–H and O–H groups in total. The van der Waals surface area contributed by atoms with Crippen molar-refractivity contribution in [2.45, 2.75) is 73.6 Å². The second-order valence-corrected chi connectivity index (χ2v) is 6.17. The zero-order chi connectivity index (χ0) is 11.8. The van der Waals surface area contributed by atoms with Crippen LogP contribution in [0.4, 0.5) is 0 Å². The normalized spacial score (nSPS) is 17.8. The van der Waals surface area contributed by atoms with Gasteiger partial charge in [-0.2, -0.15) is 0 Å². The highest BCUT2D eigenvalue weighted by Crippen LogP contribution is 2.24. The van der Waals surface area contributed by atoms with Crippen LogP contribution in [-0.2, 0) is 0 Å². The van der Waals surface area contributed by atoms with Crippen LogP contribution in [0.5, 0.6) is 0 Å². The molecule has 0 aromatic rings. The summed E-state index contributed by atoms with van der Waals surface area (Å²) in [5.41, 5.74) is 0. The van der Waals surface area contributed by atoms with Gasteiger partial charge < -0.3 is 0 Å². The lowest BCUT2D eigenvalue weighted by atomic mass is 9.86. The first kappa shape index (κ1) is 15.0. The van der Waals surface area contributed by atoms with Gasteiger partial charge in [0.1, 0.15) is 0 Å². The van der Waals surface area contributed by atoms with Gasteiger partial charge in [0.25, 0.3) is 0 Å². The van der Waals surface area contributed by atoms with Crippen molar-refractivity contribution in [1.82, 2.24) is 0 Å². The summed E-state index contributed by atoms with van der Waals surface area (Å²) in [6.07, 6.45) is 7.00. The molecule has 0 aliphatic rings. The Bertz CT molecular complexity index is 137. The second kappa shape index (κ2) is 8.19. The Morgan fingerprint density at radius 2 is 1.20 bits per heavy atom. The molecule has 15 heavy (non-hydrogen) atoms. The number of hydrogen-bond acceptors (Lipinski definition) is 0. The molecule has 0 aromatic carbocycles. The van der Waals surface area contributed by atoms with Crippen LogP contribution in [0.3, 0.4) is 0 Å². The monoisotopic (exact) mass is 212 g/mol. The predicted molar refractivity (Wildman–Crippen MR) is 71.1 cm³/mol. The van der Waals surface area contributed by atoms with Gasteiger partial charge in [-0.1, -0.05) is 60.8 Å². The highest BCUT2D eigenvalue weighted by molar-refractivity contribution is 4.63. The standard InChI is InChI=1S/C15H32/c1-7-13(4)10-15(6)11-14(5)9-8-12(2)3/h12-15H,7-11H2,1-6H3. The Balaban J connectivity index is 3.61. The van der Waals surface area contributed by atoms with Crippen molar-refractivity contribution >= 4 is 0 Å². The van der Waals surface area contributed by atoms with Crippen molar-refractivity contribution in [2.24, 2.45) is 23.7 Å². The largest absolute Gasteiger partial charge is 0.0651 e. The smallest absolute Gasteiger partial charge is 0.0438 e. The van der Waals surface area contributed by atoms with E-state index in [1.54, 1.807) is 0 Å². The summed E-state index contributed by atoms with van der Waals surface area (Å²) in [5, 5.41) is 0. The third kappa shape index (κ3) is 8.96. The fourth-order valence-corrected chi connectivity index (χ4v) is 2.37. The van der Waals surface area contributed by atoms with Gasteiger partial charge in [-0.15, -0.1) is 0 Å². The third-order valence-corrected chi connectivity index (χ3v) is 3.54.